The van der Waals surface area contributed by atoms with Gasteiger partial charge >= 0.3 is 0 Å². The molecular formula is C29H34N4O. The second-order valence-electron chi connectivity index (χ2n) is 9.86. The van der Waals surface area contributed by atoms with Gasteiger partial charge in [-0.15, -0.1) is 0 Å². The van der Waals surface area contributed by atoms with E-state index in [1.807, 2.05) is 25.4 Å². The van der Waals surface area contributed by atoms with Crippen molar-refractivity contribution < 1.29 is 4.79 Å². The minimum absolute atomic E-state index is 0.264. The van der Waals surface area contributed by atoms with Gasteiger partial charge < -0.3 is 10.1 Å². The van der Waals surface area contributed by atoms with Gasteiger partial charge in [-0.2, -0.15) is 0 Å². The molecule has 0 saturated heterocycles. The molecule has 5 heteroatoms. The standard InChI is InChI=1S/C29H34N4O/c1-18(2)25-10-9-23(14-26(25)29(30)34)11-19(3)24-8-6-7-22(13-24)12-20(4)27-17-33-16-21(5)32-28(33)15-31-27/h6-10,13-20H,11-12H2,1-5H3,(H2,30,34)/t19-,20-/m0/s1. The summed E-state index contributed by atoms with van der Waals surface area (Å²) in [5, 5.41) is 0. The van der Waals surface area contributed by atoms with Crippen molar-refractivity contribution in [3.63, 3.8) is 0 Å². The fourth-order valence-electron chi connectivity index (χ4n) is 4.70. The molecule has 4 aromatic rings. The first-order valence-electron chi connectivity index (χ1n) is 12.0. The van der Waals surface area contributed by atoms with Crippen LogP contribution in [0, 0.1) is 6.92 Å². The second-order valence-corrected chi connectivity index (χ2v) is 9.86. The molecule has 2 aromatic carbocycles. The molecule has 2 heterocycles. The van der Waals surface area contributed by atoms with Crippen LogP contribution in [0.1, 0.15) is 89.4 Å². The Balaban J connectivity index is 1.49. The predicted molar refractivity (Wildman–Crippen MR) is 137 cm³/mol. The monoisotopic (exact) mass is 454 g/mol. The first-order valence-corrected chi connectivity index (χ1v) is 12.0. The van der Waals surface area contributed by atoms with Crippen LogP contribution in [0.3, 0.4) is 0 Å². The van der Waals surface area contributed by atoms with E-state index >= 15 is 0 Å². The summed E-state index contributed by atoms with van der Waals surface area (Å²) in [6.45, 7) is 10.6. The molecule has 0 spiro atoms. The highest BCUT2D eigenvalue weighted by Crippen LogP contribution is 2.27. The zero-order chi connectivity index (χ0) is 24.4. The fourth-order valence-corrected chi connectivity index (χ4v) is 4.70. The van der Waals surface area contributed by atoms with Crippen LogP contribution in [-0.4, -0.2) is 20.3 Å². The summed E-state index contributed by atoms with van der Waals surface area (Å²) in [7, 11) is 0. The Kier molecular flexibility index (Phi) is 6.82. The van der Waals surface area contributed by atoms with Crippen LogP contribution in [0.5, 0.6) is 0 Å². The van der Waals surface area contributed by atoms with E-state index in [-0.39, 0.29) is 11.8 Å². The number of rotatable bonds is 8. The number of benzene rings is 2. The van der Waals surface area contributed by atoms with E-state index in [9.17, 15) is 4.79 Å². The molecular weight excluding hydrogens is 420 g/mol. The van der Waals surface area contributed by atoms with E-state index in [1.54, 1.807) is 0 Å². The molecule has 0 bridgehead atoms. The van der Waals surface area contributed by atoms with Gasteiger partial charge in [0.05, 0.1) is 17.6 Å². The lowest BCUT2D eigenvalue weighted by Gasteiger charge is -2.17. The molecule has 2 atom stereocenters. The van der Waals surface area contributed by atoms with Crippen molar-refractivity contribution in [1.29, 1.82) is 0 Å². The Hall–Kier alpha value is -3.47. The number of imidazole rings is 1. The van der Waals surface area contributed by atoms with E-state index < -0.39 is 0 Å². The van der Waals surface area contributed by atoms with E-state index in [1.165, 1.54) is 11.1 Å². The average Bonchev–Trinajstić information content (AvgIpc) is 3.18. The van der Waals surface area contributed by atoms with Crippen LogP contribution < -0.4 is 5.73 Å². The van der Waals surface area contributed by atoms with Crippen molar-refractivity contribution in [2.45, 2.75) is 65.2 Å². The minimum atomic E-state index is -0.355. The van der Waals surface area contributed by atoms with E-state index in [4.69, 9.17) is 5.73 Å². The van der Waals surface area contributed by atoms with Crippen molar-refractivity contribution in [1.82, 2.24) is 14.4 Å². The average molecular weight is 455 g/mol. The summed E-state index contributed by atoms with van der Waals surface area (Å²) in [5.74, 6) is 0.524. The first-order chi connectivity index (χ1) is 16.2. The maximum absolute atomic E-state index is 12.0. The number of amides is 1. The van der Waals surface area contributed by atoms with Gasteiger partial charge in [0.25, 0.3) is 0 Å². The summed E-state index contributed by atoms with van der Waals surface area (Å²) in [4.78, 5) is 21.1. The maximum Gasteiger partial charge on any atom is 0.248 e. The number of hydrogen-bond donors (Lipinski definition) is 1. The van der Waals surface area contributed by atoms with Crippen LogP contribution in [0.2, 0.25) is 0 Å². The molecule has 5 nitrogen and oxygen atoms in total. The lowest BCUT2D eigenvalue weighted by atomic mass is 9.88. The van der Waals surface area contributed by atoms with Gasteiger partial charge in [-0.1, -0.05) is 64.1 Å². The molecule has 1 amide bonds. The highest BCUT2D eigenvalue weighted by atomic mass is 16.1. The Bertz CT molecular complexity index is 1320. The van der Waals surface area contributed by atoms with Crippen molar-refractivity contribution in [3.8, 4) is 0 Å². The molecule has 2 aromatic heterocycles. The molecule has 176 valence electrons. The van der Waals surface area contributed by atoms with Crippen molar-refractivity contribution in [2.75, 3.05) is 0 Å². The van der Waals surface area contributed by atoms with E-state index in [0.29, 0.717) is 17.4 Å². The summed E-state index contributed by atoms with van der Waals surface area (Å²) < 4.78 is 2.05. The topological polar surface area (TPSA) is 73.3 Å². The third-order valence-electron chi connectivity index (χ3n) is 6.60. The maximum atomic E-state index is 12.0. The zero-order valence-electron chi connectivity index (χ0n) is 20.7. The summed E-state index contributed by atoms with van der Waals surface area (Å²) in [5.41, 5.74) is 14.0. The Morgan fingerprint density at radius 1 is 0.971 bits per heavy atom. The molecule has 0 unspecified atom stereocenters. The first kappa shape index (κ1) is 23.7. The number of carbonyl (C=O) groups is 1. The van der Waals surface area contributed by atoms with Crippen LogP contribution in [0.4, 0.5) is 0 Å². The molecule has 0 aliphatic rings. The number of carbonyl (C=O) groups excluding carboxylic acids is 1. The van der Waals surface area contributed by atoms with Crippen LogP contribution in [0.15, 0.2) is 61.1 Å². The summed E-state index contributed by atoms with van der Waals surface area (Å²) >= 11 is 0. The second kappa shape index (κ2) is 9.80. The van der Waals surface area contributed by atoms with Crippen LogP contribution >= 0.6 is 0 Å². The third kappa shape index (κ3) is 5.19. The Morgan fingerprint density at radius 2 is 1.71 bits per heavy atom. The van der Waals surface area contributed by atoms with Gasteiger partial charge in [0.1, 0.15) is 0 Å². The normalized spacial score (nSPS) is 13.4. The fraction of sp³-hybridized carbons (Fsp3) is 0.345. The van der Waals surface area contributed by atoms with Gasteiger partial charge in [0, 0.05) is 23.9 Å². The smallest absolute Gasteiger partial charge is 0.248 e. The molecule has 0 fully saturated rings. The molecule has 4 rings (SSSR count). The highest BCUT2D eigenvalue weighted by molar-refractivity contribution is 5.94. The SMILES string of the molecule is Cc1cn2cc([C@@H](C)Cc3cccc([C@@H](C)Cc4ccc(C(C)C)c(C(N)=O)c4)c3)ncc2n1. The molecule has 0 aliphatic carbocycles. The van der Waals surface area contributed by atoms with Gasteiger partial charge in [-0.25, -0.2) is 4.98 Å². The van der Waals surface area contributed by atoms with Crippen molar-refractivity contribution in [2.24, 2.45) is 5.73 Å². The number of fused-ring (bicyclic) bond motifs is 1. The molecule has 0 saturated carbocycles. The third-order valence-corrected chi connectivity index (χ3v) is 6.60. The number of nitrogens with zero attached hydrogens (tertiary/aromatic N) is 3. The molecule has 0 aliphatic heterocycles. The number of hydrogen-bond acceptors (Lipinski definition) is 3. The summed E-state index contributed by atoms with van der Waals surface area (Å²) in [6.07, 6.45) is 7.75. The highest BCUT2D eigenvalue weighted by Gasteiger charge is 2.15. The predicted octanol–water partition coefficient (Wildman–Crippen LogP) is 5.95. The van der Waals surface area contributed by atoms with E-state index in [2.05, 4.69) is 84.7 Å². The molecule has 2 N–H and O–H groups in total. The van der Waals surface area contributed by atoms with Crippen LogP contribution in [0.25, 0.3) is 5.65 Å². The van der Waals surface area contributed by atoms with Gasteiger partial charge in [-0.3, -0.25) is 9.78 Å². The van der Waals surface area contributed by atoms with Crippen molar-refractivity contribution >= 4 is 11.6 Å². The van der Waals surface area contributed by atoms with E-state index in [0.717, 1.165) is 41.0 Å². The van der Waals surface area contributed by atoms with Gasteiger partial charge in [0.2, 0.25) is 5.91 Å². The minimum Gasteiger partial charge on any atom is -0.366 e. The number of aryl methyl sites for hydroxylation is 1. The van der Waals surface area contributed by atoms with Gasteiger partial charge in [0.15, 0.2) is 5.65 Å². The molecule has 0 radical (unpaired) electrons. The quantitative estimate of drug-likeness (QED) is 0.357. The van der Waals surface area contributed by atoms with Gasteiger partial charge in [-0.05, 0) is 59.9 Å². The molecule has 34 heavy (non-hydrogen) atoms. The van der Waals surface area contributed by atoms with Crippen LogP contribution in [-0.2, 0) is 12.8 Å². The Morgan fingerprint density at radius 3 is 2.44 bits per heavy atom. The lowest BCUT2D eigenvalue weighted by Crippen LogP contribution is -2.15. The number of nitrogens with two attached hydrogens (primary N) is 1. The number of primary amides is 1. The largest absolute Gasteiger partial charge is 0.366 e. The lowest BCUT2D eigenvalue weighted by molar-refractivity contribution is 0.0999. The zero-order valence-corrected chi connectivity index (χ0v) is 20.7. The number of aromatic nitrogens is 3. The Labute approximate surface area is 202 Å². The van der Waals surface area contributed by atoms with Crippen molar-refractivity contribution in [3.05, 3.63) is 100 Å². The summed E-state index contributed by atoms with van der Waals surface area (Å²) in [6, 6.07) is 15.0.